The minimum Gasteiger partial charge on any atom is -0.248 e. The second-order valence-corrected chi connectivity index (χ2v) is 4.32. The van der Waals surface area contributed by atoms with Crippen LogP contribution in [-0.4, -0.2) is 4.98 Å². The van der Waals surface area contributed by atoms with Gasteiger partial charge in [0, 0.05) is 21.7 Å². The Balaban J connectivity index is 2.24. The van der Waals surface area contributed by atoms with Crippen LogP contribution in [-0.2, 0) is 0 Å². The molecule has 18 heavy (non-hydrogen) atoms. The van der Waals surface area contributed by atoms with Gasteiger partial charge >= 0.3 is 0 Å². The molecule has 0 saturated carbocycles. The number of nitriles is 1. The van der Waals surface area contributed by atoms with Crippen LogP contribution < -0.4 is 0 Å². The van der Waals surface area contributed by atoms with Gasteiger partial charge in [-0.25, -0.2) is 4.98 Å². The van der Waals surface area contributed by atoms with Crippen molar-refractivity contribution in [3.8, 4) is 6.07 Å². The molecular weight excluding hydrogens is 246 g/mol. The van der Waals surface area contributed by atoms with E-state index in [0.717, 1.165) is 4.90 Å². The molecule has 5 nitrogen and oxygen atoms in total. The fourth-order valence-corrected chi connectivity index (χ4v) is 2.13. The molecule has 0 aliphatic carbocycles. The SMILES string of the molecule is N#Cc1cccnc1Sc1ccc(N=[N+]=[N-])cc1. The molecule has 2 aromatic rings. The number of benzene rings is 1. The maximum atomic E-state index is 8.95. The number of pyridine rings is 1. The molecule has 0 fully saturated rings. The molecule has 0 aliphatic rings. The van der Waals surface area contributed by atoms with Crippen molar-refractivity contribution in [2.24, 2.45) is 5.11 Å². The van der Waals surface area contributed by atoms with Gasteiger partial charge in [0.25, 0.3) is 0 Å². The Kier molecular flexibility index (Phi) is 3.82. The first-order valence-electron chi connectivity index (χ1n) is 5.01. The summed E-state index contributed by atoms with van der Waals surface area (Å²) >= 11 is 1.40. The van der Waals surface area contributed by atoms with Gasteiger partial charge in [-0.1, -0.05) is 29.0 Å². The van der Waals surface area contributed by atoms with Gasteiger partial charge < -0.3 is 0 Å². The van der Waals surface area contributed by atoms with Crippen LogP contribution in [0.4, 0.5) is 5.69 Å². The van der Waals surface area contributed by atoms with E-state index in [4.69, 9.17) is 10.8 Å². The quantitative estimate of drug-likeness (QED) is 0.469. The molecule has 2 rings (SSSR count). The summed E-state index contributed by atoms with van der Waals surface area (Å²) in [6, 6.07) is 12.6. The van der Waals surface area contributed by atoms with Crippen molar-refractivity contribution in [1.29, 1.82) is 5.26 Å². The lowest BCUT2D eigenvalue weighted by Crippen LogP contribution is -1.84. The molecule has 0 saturated heterocycles. The highest BCUT2D eigenvalue weighted by Gasteiger charge is 2.04. The Labute approximate surface area is 108 Å². The fourth-order valence-electron chi connectivity index (χ4n) is 1.30. The van der Waals surface area contributed by atoms with Gasteiger partial charge in [0.1, 0.15) is 11.1 Å². The van der Waals surface area contributed by atoms with Crippen LogP contribution in [0.25, 0.3) is 10.4 Å². The topological polar surface area (TPSA) is 85.4 Å². The van der Waals surface area contributed by atoms with Crippen molar-refractivity contribution >= 4 is 17.4 Å². The van der Waals surface area contributed by atoms with E-state index in [2.05, 4.69) is 21.1 Å². The first-order valence-corrected chi connectivity index (χ1v) is 5.83. The van der Waals surface area contributed by atoms with E-state index in [9.17, 15) is 0 Å². The number of nitrogens with zero attached hydrogens (tertiary/aromatic N) is 5. The Bertz CT molecular complexity index is 638. The largest absolute Gasteiger partial charge is 0.248 e. The van der Waals surface area contributed by atoms with Crippen molar-refractivity contribution in [3.63, 3.8) is 0 Å². The average Bonchev–Trinajstić information content (AvgIpc) is 2.42. The fraction of sp³-hybridized carbons (Fsp3) is 0. The van der Waals surface area contributed by atoms with E-state index in [1.165, 1.54) is 11.8 Å². The van der Waals surface area contributed by atoms with Gasteiger partial charge in [0.2, 0.25) is 0 Å². The predicted molar refractivity (Wildman–Crippen MR) is 68.3 cm³/mol. The van der Waals surface area contributed by atoms with Crippen LogP contribution in [0, 0.1) is 11.3 Å². The summed E-state index contributed by atoms with van der Waals surface area (Å²) in [5.41, 5.74) is 9.40. The first-order chi connectivity index (χ1) is 8.83. The monoisotopic (exact) mass is 253 g/mol. The Morgan fingerprint density at radius 3 is 2.72 bits per heavy atom. The molecule has 0 N–H and O–H groups in total. The summed E-state index contributed by atoms with van der Waals surface area (Å²) in [4.78, 5) is 7.80. The molecule has 0 spiro atoms. The zero-order valence-corrected chi connectivity index (χ0v) is 10.0. The van der Waals surface area contributed by atoms with Gasteiger partial charge in [-0.15, -0.1) is 0 Å². The molecule has 1 heterocycles. The average molecular weight is 253 g/mol. The maximum absolute atomic E-state index is 8.95. The summed E-state index contributed by atoms with van der Waals surface area (Å²) in [6.07, 6.45) is 1.65. The van der Waals surface area contributed by atoms with E-state index in [1.807, 2.05) is 12.1 Å². The zero-order valence-electron chi connectivity index (χ0n) is 9.19. The molecular formula is C12H7N5S. The Morgan fingerprint density at radius 1 is 1.28 bits per heavy atom. The zero-order chi connectivity index (χ0) is 12.8. The van der Waals surface area contributed by atoms with Crippen LogP contribution in [0.1, 0.15) is 5.56 Å². The molecule has 0 radical (unpaired) electrons. The van der Waals surface area contributed by atoms with Gasteiger partial charge in [-0.05, 0) is 29.8 Å². The van der Waals surface area contributed by atoms with Crippen LogP contribution >= 0.6 is 11.8 Å². The van der Waals surface area contributed by atoms with Crippen molar-refractivity contribution in [2.75, 3.05) is 0 Å². The lowest BCUT2D eigenvalue weighted by atomic mass is 10.3. The molecule has 1 aromatic heterocycles. The molecule has 0 aliphatic heterocycles. The van der Waals surface area contributed by atoms with Crippen molar-refractivity contribution in [2.45, 2.75) is 9.92 Å². The molecule has 6 heteroatoms. The Hall–Kier alpha value is -2.48. The number of aromatic nitrogens is 1. The molecule has 0 unspecified atom stereocenters. The summed E-state index contributed by atoms with van der Waals surface area (Å²) < 4.78 is 0. The second-order valence-electron chi connectivity index (χ2n) is 3.25. The van der Waals surface area contributed by atoms with Crippen molar-refractivity contribution in [1.82, 2.24) is 4.98 Å². The van der Waals surface area contributed by atoms with Crippen LogP contribution in [0.3, 0.4) is 0 Å². The third-order valence-corrected chi connectivity index (χ3v) is 3.13. The van der Waals surface area contributed by atoms with E-state index >= 15 is 0 Å². The third kappa shape index (κ3) is 2.80. The summed E-state index contributed by atoms with van der Waals surface area (Å²) in [5, 5.41) is 13.1. The molecule has 1 aromatic carbocycles. The van der Waals surface area contributed by atoms with Crippen LogP contribution in [0.15, 0.2) is 57.6 Å². The van der Waals surface area contributed by atoms with Gasteiger partial charge in [0.05, 0.1) is 5.56 Å². The highest BCUT2D eigenvalue weighted by Crippen LogP contribution is 2.29. The van der Waals surface area contributed by atoms with Crippen LogP contribution in [0.2, 0.25) is 0 Å². The third-order valence-electron chi connectivity index (χ3n) is 2.10. The number of hydrogen-bond acceptors (Lipinski definition) is 4. The summed E-state index contributed by atoms with van der Waals surface area (Å²) in [6.45, 7) is 0. The van der Waals surface area contributed by atoms with E-state index < -0.39 is 0 Å². The summed E-state index contributed by atoms with van der Waals surface area (Å²) in [5.74, 6) is 0. The number of azide groups is 1. The molecule has 0 bridgehead atoms. The lowest BCUT2D eigenvalue weighted by Gasteiger charge is -2.02. The van der Waals surface area contributed by atoms with Crippen molar-refractivity contribution < 1.29 is 0 Å². The minimum atomic E-state index is 0.543. The van der Waals surface area contributed by atoms with E-state index in [-0.39, 0.29) is 0 Å². The second kappa shape index (κ2) is 5.73. The van der Waals surface area contributed by atoms with Gasteiger partial charge in [-0.2, -0.15) is 5.26 Å². The van der Waals surface area contributed by atoms with Crippen molar-refractivity contribution in [3.05, 3.63) is 58.6 Å². The highest BCUT2D eigenvalue weighted by atomic mass is 32.2. The van der Waals surface area contributed by atoms with E-state index in [0.29, 0.717) is 16.3 Å². The molecule has 0 atom stereocenters. The normalized spacial score (nSPS) is 9.28. The molecule has 0 amide bonds. The maximum Gasteiger partial charge on any atom is 0.119 e. The predicted octanol–water partition coefficient (Wildman–Crippen LogP) is 4.05. The summed E-state index contributed by atoms with van der Waals surface area (Å²) in [7, 11) is 0. The smallest absolute Gasteiger partial charge is 0.119 e. The number of rotatable bonds is 3. The number of hydrogen-bond donors (Lipinski definition) is 0. The standard InChI is InChI=1S/C12H7N5S/c13-8-9-2-1-7-15-12(9)18-11-5-3-10(4-6-11)16-17-14/h1-7H. The molecule has 86 valence electrons. The van der Waals surface area contributed by atoms with Gasteiger partial charge in [0.15, 0.2) is 0 Å². The van der Waals surface area contributed by atoms with Crippen LogP contribution in [0.5, 0.6) is 0 Å². The Morgan fingerprint density at radius 2 is 2.06 bits per heavy atom. The van der Waals surface area contributed by atoms with E-state index in [1.54, 1.807) is 30.5 Å². The minimum absolute atomic E-state index is 0.543. The highest BCUT2D eigenvalue weighted by molar-refractivity contribution is 7.99. The lowest BCUT2D eigenvalue weighted by molar-refractivity contribution is 1.11. The van der Waals surface area contributed by atoms with Gasteiger partial charge in [-0.3, -0.25) is 0 Å². The first kappa shape index (κ1) is 12.0.